The molecular formula is C13H17Cl2NO. The second-order valence-corrected chi connectivity index (χ2v) is 5.47. The summed E-state index contributed by atoms with van der Waals surface area (Å²) in [6.07, 6.45) is 0.941. The Labute approximate surface area is 112 Å². The molecule has 1 N–H and O–H groups in total. The van der Waals surface area contributed by atoms with Crippen LogP contribution in [0.25, 0.3) is 0 Å². The largest absolute Gasteiger partial charge is 0.350 e. The molecule has 1 rings (SSSR count). The molecule has 1 aromatic rings. The summed E-state index contributed by atoms with van der Waals surface area (Å²) in [7, 11) is 0. The van der Waals surface area contributed by atoms with Crippen molar-refractivity contribution in [1.29, 1.82) is 0 Å². The van der Waals surface area contributed by atoms with Crippen molar-refractivity contribution in [3.8, 4) is 0 Å². The molecule has 0 fully saturated rings. The summed E-state index contributed by atoms with van der Waals surface area (Å²) in [6, 6.07) is 5.01. The highest BCUT2D eigenvalue weighted by Crippen LogP contribution is 2.21. The maximum Gasteiger partial charge on any atom is 0.253 e. The van der Waals surface area contributed by atoms with Gasteiger partial charge in [0.25, 0.3) is 5.91 Å². The molecule has 17 heavy (non-hydrogen) atoms. The van der Waals surface area contributed by atoms with Crippen molar-refractivity contribution in [1.82, 2.24) is 5.32 Å². The van der Waals surface area contributed by atoms with Gasteiger partial charge in [0.05, 0.1) is 10.6 Å². The van der Waals surface area contributed by atoms with Crippen LogP contribution in [0.3, 0.4) is 0 Å². The van der Waals surface area contributed by atoms with Crippen molar-refractivity contribution in [3.05, 3.63) is 33.8 Å². The van der Waals surface area contributed by atoms with Gasteiger partial charge in [-0.1, -0.05) is 37.0 Å². The molecule has 0 saturated heterocycles. The molecule has 2 nitrogen and oxygen atoms in total. The number of amides is 1. The molecule has 94 valence electrons. The van der Waals surface area contributed by atoms with E-state index in [0.717, 1.165) is 6.42 Å². The molecule has 0 radical (unpaired) electrons. The first-order chi connectivity index (χ1) is 7.90. The molecule has 0 heterocycles. The molecule has 0 aliphatic carbocycles. The van der Waals surface area contributed by atoms with E-state index in [-0.39, 0.29) is 11.9 Å². The second-order valence-electron chi connectivity index (χ2n) is 4.63. The minimum atomic E-state index is -0.153. The van der Waals surface area contributed by atoms with Gasteiger partial charge in [-0.05, 0) is 37.5 Å². The first-order valence-electron chi connectivity index (χ1n) is 5.66. The van der Waals surface area contributed by atoms with Crippen LogP contribution < -0.4 is 5.32 Å². The summed E-state index contributed by atoms with van der Waals surface area (Å²) >= 11 is 11.7. The van der Waals surface area contributed by atoms with Crippen molar-refractivity contribution in [3.63, 3.8) is 0 Å². The van der Waals surface area contributed by atoms with E-state index in [9.17, 15) is 4.79 Å². The van der Waals surface area contributed by atoms with Gasteiger partial charge < -0.3 is 5.32 Å². The normalized spacial score (nSPS) is 12.6. The summed E-state index contributed by atoms with van der Waals surface area (Å²) in [4.78, 5) is 11.9. The second kappa shape index (κ2) is 6.27. The molecule has 1 atom stereocenters. The van der Waals surface area contributed by atoms with Crippen LogP contribution in [0.15, 0.2) is 18.2 Å². The Balaban J connectivity index is 2.70. The summed E-state index contributed by atoms with van der Waals surface area (Å²) in [5.41, 5.74) is 0.465. The Morgan fingerprint density at radius 1 is 1.29 bits per heavy atom. The molecule has 0 saturated carbocycles. The van der Waals surface area contributed by atoms with Gasteiger partial charge in [0.15, 0.2) is 0 Å². The zero-order valence-corrected chi connectivity index (χ0v) is 11.8. The number of hydrogen-bond donors (Lipinski definition) is 1. The Morgan fingerprint density at radius 3 is 2.47 bits per heavy atom. The van der Waals surface area contributed by atoms with E-state index < -0.39 is 0 Å². The van der Waals surface area contributed by atoms with E-state index in [1.165, 1.54) is 0 Å². The van der Waals surface area contributed by atoms with Crippen molar-refractivity contribution in [2.24, 2.45) is 5.92 Å². The third-order valence-corrected chi connectivity index (χ3v) is 2.93. The number of halogens is 2. The lowest BCUT2D eigenvalue weighted by Gasteiger charge is -2.16. The molecule has 0 bridgehead atoms. The average molecular weight is 274 g/mol. The van der Waals surface area contributed by atoms with Gasteiger partial charge in [-0.15, -0.1) is 0 Å². The van der Waals surface area contributed by atoms with Crippen LogP contribution in [0, 0.1) is 5.92 Å². The van der Waals surface area contributed by atoms with Crippen LogP contribution in [0.4, 0.5) is 0 Å². The van der Waals surface area contributed by atoms with E-state index in [4.69, 9.17) is 23.2 Å². The molecule has 4 heteroatoms. The monoisotopic (exact) mass is 273 g/mol. The predicted molar refractivity (Wildman–Crippen MR) is 72.8 cm³/mol. The zero-order valence-electron chi connectivity index (χ0n) is 10.3. The fourth-order valence-corrected chi connectivity index (χ4v) is 2.24. The molecule has 0 spiro atoms. The van der Waals surface area contributed by atoms with Crippen molar-refractivity contribution in [2.45, 2.75) is 33.2 Å². The van der Waals surface area contributed by atoms with Crippen molar-refractivity contribution < 1.29 is 4.79 Å². The van der Waals surface area contributed by atoms with Gasteiger partial charge in [-0.3, -0.25) is 4.79 Å². The quantitative estimate of drug-likeness (QED) is 0.877. The molecule has 0 aliphatic heterocycles. The molecule has 1 aromatic carbocycles. The van der Waals surface area contributed by atoms with Crippen LogP contribution in [-0.2, 0) is 0 Å². The van der Waals surface area contributed by atoms with Crippen LogP contribution in [-0.4, -0.2) is 11.9 Å². The van der Waals surface area contributed by atoms with Crippen LogP contribution in [0.1, 0.15) is 37.6 Å². The highest BCUT2D eigenvalue weighted by atomic mass is 35.5. The Morgan fingerprint density at radius 2 is 1.94 bits per heavy atom. The lowest BCUT2D eigenvalue weighted by Crippen LogP contribution is -2.33. The summed E-state index contributed by atoms with van der Waals surface area (Å²) < 4.78 is 0. The fourth-order valence-electron chi connectivity index (χ4n) is 1.74. The van der Waals surface area contributed by atoms with Crippen LogP contribution in [0.5, 0.6) is 0 Å². The third kappa shape index (κ3) is 4.57. The predicted octanol–water partition coefficient (Wildman–Crippen LogP) is 4.16. The molecule has 0 unspecified atom stereocenters. The summed E-state index contributed by atoms with van der Waals surface area (Å²) in [6.45, 7) is 6.23. The minimum Gasteiger partial charge on any atom is -0.350 e. The summed E-state index contributed by atoms with van der Waals surface area (Å²) in [5.74, 6) is 0.394. The van der Waals surface area contributed by atoms with Crippen molar-refractivity contribution in [2.75, 3.05) is 0 Å². The van der Waals surface area contributed by atoms with Gasteiger partial charge in [0.1, 0.15) is 0 Å². The van der Waals surface area contributed by atoms with Gasteiger partial charge in [0, 0.05) is 11.1 Å². The van der Waals surface area contributed by atoms with E-state index in [1.807, 2.05) is 6.92 Å². The van der Waals surface area contributed by atoms with Crippen LogP contribution >= 0.6 is 23.2 Å². The highest BCUT2D eigenvalue weighted by Gasteiger charge is 2.13. The Kier molecular flexibility index (Phi) is 5.29. The highest BCUT2D eigenvalue weighted by molar-refractivity contribution is 6.36. The maximum absolute atomic E-state index is 11.9. The number of hydrogen-bond acceptors (Lipinski definition) is 1. The van der Waals surface area contributed by atoms with Crippen LogP contribution in [0.2, 0.25) is 10.0 Å². The molecule has 1 amide bonds. The minimum absolute atomic E-state index is 0.134. The Hall–Kier alpha value is -0.730. The number of benzene rings is 1. The topological polar surface area (TPSA) is 29.1 Å². The molecule has 0 aromatic heterocycles. The van der Waals surface area contributed by atoms with E-state index in [2.05, 4.69) is 19.2 Å². The number of nitrogens with one attached hydrogen (secondary N) is 1. The van der Waals surface area contributed by atoms with Gasteiger partial charge in [-0.2, -0.15) is 0 Å². The lowest BCUT2D eigenvalue weighted by molar-refractivity contribution is 0.0936. The standard InChI is InChI=1S/C13H17Cl2NO/c1-8(2)6-9(3)16-13(17)11-5-4-10(14)7-12(11)15/h4-5,7-9H,6H2,1-3H3,(H,16,17)/t9-/m0/s1. The van der Waals surface area contributed by atoms with Crippen molar-refractivity contribution >= 4 is 29.1 Å². The average Bonchev–Trinajstić information content (AvgIpc) is 2.15. The number of carbonyl (C=O) groups excluding carboxylic acids is 1. The zero-order chi connectivity index (χ0) is 13.0. The van der Waals surface area contributed by atoms with E-state index >= 15 is 0 Å². The van der Waals surface area contributed by atoms with Gasteiger partial charge >= 0.3 is 0 Å². The fraction of sp³-hybridized carbons (Fsp3) is 0.462. The van der Waals surface area contributed by atoms with Gasteiger partial charge in [-0.25, -0.2) is 0 Å². The Bertz CT molecular complexity index is 404. The molecular weight excluding hydrogens is 257 g/mol. The van der Waals surface area contributed by atoms with E-state index in [1.54, 1.807) is 18.2 Å². The summed E-state index contributed by atoms with van der Waals surface area (Å²) in [5, 5.41) is 3.83. The number of rotatable bonds is 4. The molecule has 0 aliphatic rings. The van der Waals surface area contributed by atoms with Gasteiger partial charge in [0.2, 0.25) is 0 Å². The maximum atomic E-state index is 11.9. The smallest absolute Gasteiger partial charge is 0.253 e. The first-order valence-corrected chi connectivity index (χ1v) is 6.41. The third-order valence-electron chi connectivity index (χ3n) is 2.38. The SMILES string of the molecule is CC(C)C[C@H](C)NC(=O)c1ccc(Cl)cc1Cl. The van der Waals surface area contributed by atoms with E-state index in [0.29, 0.717) is 21.5 Å². The number of carbonyl (C=O) groups is 1. The lowest BCUT2D eigenvalue weighted by atomic mass is 10.0. The first kappa shape index (κ1) is 14.3.